The molecule has 0 radical (unpaired) electrons. The first kappa shape index (κ1) is 18.3. The van der Waals surface area contributed by atoms with Crippen LogP contribution in [0.3, 0.4) is 0 Å². The second-order valence-electron chi connectivity index (χ2n) is 5.44. The predicted molar refractivity (Wildman–Crippen MR) is 98.0 cm³/mol. The zero-order chi connectivity index (χ0) is 17.9. The molecular weight excluding hydrogens is 348 g/mol. The molecule has 0 saturated heterocycles. The van der Waals surface area contributed by atoms with E-state index in [9.17, 15) is 14.9 Å². The lowest BCUT2D eigenvalue weighted by Gasteiger charge is -2.14. The summed E-state index contributed by atoms with van der Waals surface area (Å²) < 4.78 is 0. The van der Waals surface area contributed by atoms with Gasteiger partial charge in [0.25, 0.3) is 5.69 Å². The molecule has 0 aliphatic rings. The number of aryl methyl sites for hydroxylation is 2. The molecule has 1 atom stereocenters. The Kier molecular flexibility index (Phi) is 5.85. The summed E-state index contributed by atoms with van der Waals surface area (Å²) in [6, 6.07) is 10.0. The number of anilines is 1. The van der Waals surface area contributed by atoms with E-state index in [1.807, 2.05) is 26.0 Å². The average Bonchev–Trinajstić information content (AvgIpc) is 2.51. The zero-order valence-corrected chi connectivity index (χ0v) is 15.1. The maximum Gasteiger partial charge on any atom is 0.271 e. The first-order valence-corrected chi connectivity index (χ1v) is 8.52. The summed E-state index contributed by atoms with van der Waals surface area (Å²) in [6.07, 6.45) is 0. The highest BCUT2D eigenvalue weighted by molar-refractivity contribution is 8.00. The molecule has 0 aliphatic carbocycles. The Hall–Kier alpha value is -2.05. The van der Waals surface area contributed by atoms with Crippen LogP contribution in [-0.2, 0) is 4.79 Å². The molecule has 2 aromatic rings. The quantitative estimate of drug-likeness (QED) is 0.461. The lowest BCUT2D eigenvalue weighted by molar-refractivity contribution is -0.384. The topological polar surface area (TPSA) is 72.2 Å². The van der Waals surface area contributed by atoms with Gasteiger partial charge in [-0.2, -0.15) is 0 Å². The molecule has 0 aliphatic heterocycles. The Labute approximate surface area is 149 Å². The van der Waals surface area contributed by atoms with Gasteiger partial charge in [-0.15, -0.1) is 11.8 Å². The summed E-state index contributed by atoms with van der Waals surface area (Å²) in [4.78, 5) is 23.6. The van der Waals surface area contributed by atoms with E-state index in [-0.39, 0.29) is 21.9 Å². The Morgan fingerprint density at radius 2 is 1.96 bits per heavy atom. The van der Waals surface area contributed by atoms with E-state index in [1.165, 1.54) is 35.5 Å². The van der Waals surface area contributed by atoms with E-state index >= 15 is 0 Å². The minimum absolute atomic E-state index is 0.115. The SMILES string of the molecule is Cc1ccc(S[C@@H](C)C(=O)Nc2ccc([N+](=O)[O-])cc2Cl)c(C)c1. The molecule has 1 N–H and O–H groups in total. The van der Waals surface area contributed by atoms with Crippen molar-refractivity contribution in [1.29, 1.82) is 0 Å². The Morgan fingerprint density at radius 1 is 1.25 bits per heavy atom. The third-order valence-corrected chi connectivity index (χ3v) is 5.02. The van der Waals surface area contributed by atoms with Crippen LogP contribution in [0, 0.1) is 24.0 Å². The van der Waals surface area contributed by atoms with E-state index in [2.05, 4.69) is 11.4 Å². The monoisotopic (exact) mass is 364 g/mol. The number of carbonyl (C=O) groups excluding carboxylic acids is 1. The fraction of sp³-hybridized carbons (Fsp3) is 0.235. The van der Waals surface area contributed by atoms with Crippen LogP contribution in [0.25, 0.3) is 0 Å². The van der Waals surface area contributed by atoms with Gasteiger partial charge in [-0.3, -0.25) is 14.9 Å². The second kappa shape index (κ2) is 7.68. The van der Waals surface area contributed by atoms with Crippen LogP contribution < -0.4 is 5.32 Å². The first-order valence-electron chi connectivity index (χ1n) is 7.26. The lowest BCUT2D eigenvalue weighted by atomic mass is 10.2. The number of nitro groups is 1. The van der Waals surface area contributed by atoms with Crippen LogP contribution in [-0.4, -0.2) is 16.1 Å². The minimum atomic E-state index is -0.532. The molecule has 0 saturated carbocycles. The molecule has 0 heterocycles. The third kappa shape index (κ3) is 4.49. The van der Waals surface area contributed by atoms with Gasteiger partial charge in [0.2, 0.25) is 5.91 Å². The number of amides is 1. The van der Waals surface area contributed by atoms with Crippen molar-refractivity contribution < 1.29 is 9.72 Å². The van der Waals surface area contributed by atoms with Crippen LogP contribution in [0.4, 0.5) is 11.4 Å². The van der Waals surface area contributed by atoms with Crippen molar-refractivity contribution in [2.24, 2.45) is 0 Å². The normalized spacial score (nSPS) is 11.8. The van der Waals surface area contributed by atoms with Crippen LogP contribution in [0.2, 0.25) is 5.02 Å². The summed E-state index contributed by atoms with van der Waals surface area (Å²) in [7, 11) is 0. The van der Waals surface area contributed by atoms with Crippen molar-refractivity contribution in [2.45, 2.75) is 30.9 Å². The van der Waals surface area contributed by atoms with Gasteiger partial charge in [-0.1, -0.05) is 29.3 Å². The molecule has 0 fully saturated rings. The Morgan fingerprint density at radius 3 is 2.54 bits per heavy atom. The van der Waals surface area contributed by atoms with Crippen LogP contribution in [0.5, 0.6) is 0 Å². The molecule has 2 aromatic carbocycles. The number of nitrogens with zero attached hydrogens (tertiary/aromatic N) is 1. The molecule has 0 aromatic heterocycles. The number of non-ortho nitro benzene ring substituents is 1. The molecule has 0 bridgehead atoms. The average molecular weight is 365 g/mol. The zero-order valence-electron chi connectivity index (χ0n) is 13.5. The number of thioether (sulfide) groups is 1. The standard InChI is InChI=1S/C17H17ClN2O3S/c1-10-4-7-16(11(2)8-10)24-12(3)17(21)19-15-6-5-13(20(22)23)9-14(15)18/h4-9,12H,1-3H3,(H,19,21)/t12-/m0/s1. The van der Waals surface area contributed by atoms with Gasteiger partial charge < -0.3 is 5.32 Å². The number of hydrogen-bond donors (Lipinski definition) is 1. The van der Waals surface area contributed by atoms with Gasteiger partial charge in [0.15, 0.2) is 0 Å². The van der Waals surface area contributed by atoms with Gasteiger partial charge >= 0.3 is 0 Å². The van der Waals surface area contributed by atoms with Crippen LogP contribution in [0.1, 0.15) is 18.1 Å². The molecule has 2 rings (SSSR count). The lowest BCUT2D eigenvalue weighted by Crippen LogP contribution is -2.22. The number of nitrogens with one attached hydrogen (secondary N) is 1. The summed E-state index contributed by atoms with van der Waals surface area (Å²) in [5.41, 5.74) is 2.54. The van der Waals surface area contributed by atoms with Gasteiger partial charge in [0, 0.05) is 17.0 Å². The number of hydrogen-bond acceptors (Lipinski definition) is 4. The minimum Gasteiger partial charge on any atom is -0.324 e. The summed E-state index contributed by atoms with van der Waals surface area (Å²) in [6.45, 7) is 5.83. The van der Waals surface area contributed by atoms with Crippen molar-refractivity contribution >= 4 is 40.6 Å². The van der Waals surface area contributed by atoms with Crippen LogP contribution >= 0.6 is 23.4 Å². The highest BCUT2D eigenvalue weighted by Crippen LogP contribution is 2.30. The third-order valence-electron chi connectivity index (χ3n) is 3.42. The second-order valence-corrected chi connectivity index (χ2v) is 7.23. The molecular formula is C17H17ClN2O3S. The van der Waals surface area contributed by atoms with Gasteiger partial charge in [-0.05, 0) is 38.5 Å². The predicted octanol–water partition coefficient (Wildman–Crippen LogP) is 4.98. The highest BCUT2D eigenvalue weighted by atomic mass is 35.5. The number of rotatable bonds is 5. The maximum atomic E-state index is 12.3. The van der Waals surface area contributed by atoms with Crippen LogP contribution in [0.15, 0.2) is 41.3 Å². The number of benzene rings is 2. The summed E-state index contributed by atoms with van der Waals surface area (Å²) in [5.74, 6) is -0.212. The maximum absolute atomic E-state index is 12.3. The van der Waals surface area contributed by atoms with E-state index in [0.717, 1.165) is 10.5 Å². The molecule has 1 amide bonds. The summed E-state index contributed by atoms with van der Waals surface area (Å²) in [5, 5.41) is 13.2. The number of halogens is 1. The molecule has 126 valence electrons. The smallest absolute Gasteiger partial charge is 0.271 e. The van der Waals surface area contributed by atoms with Gasteiger partial charge in [0.1, 0.15) is 0 Å². The summed E-state index contributed by atoms with van der Waals surface area (Å²) >= 11 is 7.46. The fourth-order valence-electron chi connectivity index (χ4n) is 2.13. The fourth-order valence-corrected chi connectivity index (χ4v) is 3.29. The largest absolute Gasteiger partial charge is 0.324 e. The first-order chi connectivity index (χ1) is 11.3. The number of nitro benzene ring substituents is 1. The molecule has 0 unspecified atom stereocenters. The van der Waals surface area contributed by atoms with Gasteiger partial charge in [0.05, 0.1) is 20.9 Å². The Balaban J connectivity index is 2.07. The molecule has 0 spiro atoms. The number of carbonyl (C=O) groups is 1. The molecule has 7 heteroatoms. The molecule has 5 nitrogen and oxygen atoms in total. The van der Waals surface area contributed by atoms with Gasteiger partial charge in [-0.25, -0.2) is 0 Å². The van der Waals surface area contributed by atoms with E-state index in [0.29, 0.717) is 5.69 Å². The van der Waals surface area contributed by atoms with E-state index in [4.69, 9.17) is 11.6 Å². The van der Waals surface area contributed by atoms with Crippen molar-refractivity contribution in [1.82, 2.24) is 0 Å². The molecule has 24 heavy (non-hydrogen) atoms. The Bertz CT molecular complexity index is 795. The van der Waals surface area contributed by atoms with Crippen molar-refractivity contribution in [2.75, 3.05) is 5.32 Å². The highest BCUT2D eigenvalue weighted by Gasteiger charge is 2.18. The van der Waals surface area contributed by atoms with Crippen molar-refractivity contribution in [3.63, 3.8) is 0 Å². The van der Waals surface area contributed by atoms with E-state index < -0.39 is 4.92 Å². The van der Waals surface area contributed by atoms with E-state index in [1.54, 1.807) is 6.92 Å². The van der Waals surface area contributed by atoms with Crippen molar-refractivity contribution in [3.05, 3.63) is 62.7 Å². The van der Waals surface area contributed by atoms with Crippen molar-refractivity contribution in [3.8, 4) is 0 Å².